The van der Waals surface area contributed by atoms with Crippen LogP contribution >= 0.6 is 0 Å². The van der Waals surface area contributed by atoms with E-state index in [1.807, 2.05) is 36.4 Å². The number of fused-ring (bicyclic) bond motifs is 7. The number of para-hydroxylation sites is 4. The summed E-state index contributed by atoms with van der Waals surface area (Å²) in [5, 5.41) is 14.7. The fraction of sp³-hybridized carbons (Fsp3) is 0. The van der Waals surface area contributed by atoms with Crippen molar-refractivity contribution in [3.63, 3.8) is 0 Å². The number of benzene rings is 6. The first kappa shape index (κ1) is 26.5. The lowest BCUT2D eigenvalue weighted by atomic mass is 10.0. The van der Waals surface area contributed by atoms with Crippen molar-refractivity contribution < 1.29 is 0 Å². The number of nitrogens with zero attached hydrogens (tertiary/aromatic N) is 6. The second kappa shape index (κ2) is 10.4. The molecule has 0 atom stereocenters. The summed E-state index contributed by atoms with van der Waals surface area (Å²) in [5.41, 5.74) is 9.03. The van der Waals surface area contributed by atoms with Crippen molar-refractivity contribution >= 4 is 54.6 Å². The molecule has 10 aromatic rings. The molecule has 0 unspecified atom stereocenters. The van der Waals surface area contributed by atoms with Gasteiger partial charge >= 0.3 is 0 Å². The van der Waals surface area contributed by atoms with Gasteiger partial charge in [0.2, 0.25) is 0 Å². The molecule has 0 aliphatic rings. The van der Waals surface area contributed by atoms with Crippen molar-refractivity contribution in [2.75, 3.05) is 0 Å². The van der Waals surface area contributed by atoms with Gasteiger partial charge in [-0.2, -0.15) is 0 Å². The standard InChI is InChI=1S/C42H26N6/c1-3-15-27(16-4-1)37-38(28-17-5-2-6-18-28)44-40-39(43-37)41(47-33-23-11-7-19-29(33)30-20-8-12-24-34(30)47)45-46-42(40)48-35-25-13-9-21-31(35)32-22-10-14-26-36(32)48/h1-26H. The highest BCUT2D eigenvalue weighted by molar-refractivity contribution is 6.12. The molecule has 0 spiro atoms. The van der Waals surface area contributed by atoms with E-state index in [0.717, 1.165) is 66.1 Å². The Labute approximate surface area is 275 Å². The molecule has 0 radical (unpaired) electrons. The first-order chi connectivity index (χ1) is 23.8. The maximum Gasteiger partial charge on any atom is 0.188 e. The summed E-state index contributed by atoms with van der Waals surface area (Å²) in [7, 11) is 0. The minimum absolute atomic E-state index is 0.635. The number of aromatic nitrogens is 6. The highest BCUT2D eigenvalue weighted by Crippen LogP contribution is 2.39. The SMILES string of the molecule is c1ccc(-c2nc3c(-n4c5ccccc5c5ccccc54)nnc(-n4c5ccccc5c5ccccc54)c3nc2-c2ccccc2)cc1. The zero-order valence-corrected chi connectivity index (χ0v) is 25.7. The summed E-state index contributed by atoms with van der Waals surface area (Å²) >= 11 is 0. The summed E-state index contributed by atoms with van der Waals surface area (Å²) in [6.07, 6.45) is 0. The first-order valence-electron chi connectivity index (χ1n) is 16.0. The van der Waals surface area contributed by atoms with Crippen LogP contribution in [0.3, 0.4) is 0 Å². The van der Waals surface area contributed by atoms with Gasteiger partial charge in [0.15, 0.2) is 11.6 Å². The molecule has 4 aromatic heterocycles. The average Bonchev–Trinajstić information content (AvgIpc) is 3.68. The van der Waals surface area contributed by atoms with E-state index in [9.17, 15) is 0 Å². The zero-order chi connectivity index (χ0) is 31.6. The van der Waals surface area contributed by atoms with Crippen molar-refractivity contribution in [2.24, 2.45) is 0 Å². The third kappa shape index (κ3) is 3.86. The normalized spacial score (nSPS) is 11.8. The number of hydrogen-bond acceptors (Lipinski definition) is 4. The van der Waals surface area contributed by atoms with Crippen LogP contribution in [-0.4, -0.2) is 29.3 Å². The predicted molar refractivity (Wildman–Crippen MR) is 195 cm³/mol. The molecule has 6 nitrogen and oxygen atoms in total. The van der Waals surface area contributed by atoms with Crippen molar-refractivity contribution in [1.82, 2.24) is 29.3 Å². The second-order valence-electron chi connectivity index (χ2n) is 11.9. The molecule has 48 heavy (non-hydrogen) atoms. The number of hydrogen-bond donors (Lipinski definition) is 0. The molecule has 0 N–H and O–H groups in total. The topological polar surface area (TPSA) is 61.4 Å². The minimum Gasteiger partial charge on any atom is -0.290 e. The van der Waals surface area contributed by atoms with Gasteiger partial charge in [0, 0.05) is 32.7 Å². The quantitative estimate of drug-likeness (QED) is 0.198. The largest absolute Gasteiger partial charge is 0.290 e. The van der Waals surface area contributed by atoms with E-state index in [-0.39, 0.29) is 0 Å². The second-order valence-corrected chi connectivity index (χ2v) is 11.9. The molecule has 0 fully saturated rings. The molecule has 0 bridgehead atoms. The van der Waals surface area contributed by atoms with Crippen LogP contribution in [0, 0.1) is 0 Å². The van der Waals surface area contributed by atoms with Gasteiger partial charge < -0.3 is 0 Å². The van der Waals surface area contributed by atoms with Crippen LogP contribution in [0.4, 0.5) is 0 Å². The molecule has 0 amide bonds. The Morgan fingerprint density at radius 2 is 0.604 bits per heavy atom. The Morgan fingerprint density at radius 1 is 0.312 bits per heavy atom. The fourth-order valence-electron chi connectivity index (χ4n) is 7.13. The van der Waals surface area contributed by atoms with E-state index in [4.69, 9.17) is 20.2 Å². The van der Waals surface area contributed by atoms with Gasteiger partial charge in [-0.25, -0.2) is 9.97 Å². The van der Waals surface area contributed by atoms with Gasteiger partial charge in [0.05, 0.1) is 33.5 Å². The highest BCUT2D eigenvalue weighted by Gasteiger charge is 2.25. The lowest BCUT2D eigenvalue weighted by Gasteiger charge is -2.16. The molecule has 0 aliphatic carbocycles. The minimum atomic E-state index is 0.635. The summed E-state index contributed by atoms with van der Waals surface area (Å²) in [6.45, 7) is 0. The van der Waals surface area contributed by atoms with Crippen molar-refractivity contribution in [3.05, 3.63) is 158 Å². The van der Waals surface area contributed by atoms with Gasteiger partial charge in [-0.15, -0.1) is 10.2 Å². The smallest absolute Gasteiger partial charge is 0.188 e. The zero-order valence-electron chi connectivity index (χ0n) is 25.7. The molecule has 4 heterocycles. The maximum absolute atomic E-state index is 5.52. The number of rotatable bonds is 4. The Kier molecular flexibility index (Phi) is 5.77. The fourth-order valence-corrected chi connectivity index (χ4v) is 7.13. The molecule has 0 saturated carbocycles. The molecular formula is C42H26N6. The first-order valence-corrected chi connectivity index (χ1v) is 16.0. The van der Waals surface area contributed by atoms with Gasteiger partial charge in [0.1, 0.15) is 11.0 Å². The van der Waals surface area contributed by atoms with Gasteiger partial charge in [-0.1, -0.05) is 133 Å². The Bertz CT molecular complexity index is 2530. The van der Waals surface area contributed by atoms with Gasteiger partial charge in [0.25, 0.3) is 0 Å². The molecular weight excluding hydrogens is 589 g/mol. The van der Waals surface area contributed by atoms with Crippen LogP contribution in [0.15, 0.2) is 158 Å². The summed E-state index contributed by atoms with van der Waals surface area (Å²) in [5.74, 6) is 1.27. The van der Waals surface area contributed by atoms with Crippen molar-refractivity contribution in [2.45, 2.75) is 0 Å². The van der Waals surface area contributed by atoms with E-state index < -0.39 is 0 Å². The Hall–Kier alpha value is -6.66. The molecule has 0 aliphatic heterocycles. The summed E-state index contributed by atoms with van der Waals surface area (Å²) < 4.78 is 4.36. The molecule has 6 aromatic carbocycles. The van der Waals surface area contributed by atoms with Crippen LogP contribution in [0.5, 0.6) is 0 Å². The predicted octanol–water partition coefficient (Wildman–Crippen LogP) is 9.95. The molecule has 224 valence electrons. The van der Waals surface area contributed by atoms with Crippen LogP contribution in [0.2, 0.25) is 0 Å². The molecule has 10 rings (SSSR count). The van der Waals surface area contributed by atoms with Crippen LogP contribution < -0.4 is 0 Å². The molecule has 6 heteroatoms. The summed E-state index contributed by atoms with van der Waals surface area (Å²) in [6, 6.07) is 54.3. The Morgan fingerprint density at radius 3 is 0.938 bits per heavy atom. The third-order valence-electron chi connectivity index (χ3n) is 9.24. The molecule has 0 saturated heterocycles. The summed E-state index contributed by atoms with van der Waals surface area (Å²) in [4.78, 5) is 11.0. The van der Waals surface area contributed by atoms with Crippen molar-refractivity contribution in [3.8, 4) is 34.2 Å². The maximum atomic E-state index is 5.52. The van der Waals surface area contributed by atoms with Crippen LogP contribution in [0.1, 0.15) is 0 Å². The van der Waals surface area contributed by atoms with E-state index in [0.29, 0.717) is 22.7 Å². The third-order valence-corrected chi connectivity index (χ3v) is 9.24. The van der Waals surface area contributed by atoms with E-state index >= 15 is 0 Å². The monoisotopic (exact) mass is 614 g/mol. The van der Waals surface area contributed by atoms with E-state index in [1.165, 1.54) is 0 Å². The lowest BCUT2D eigenvalue weighted by Crippen LogP contribution is -2.10. The van der Waals surface area contributed by atoms with Gasteiger partial charge in [-0.05, 0) is 24.3 Å². The van der Waals surface area contributed by atoms with E-state index in [1.54, 1.807) is 0 Å². The van der Waals surface area contributed by atoms with Crippen LogP contribution in [0.25, 0.3) is 88.8 Å². The average molecular weight is 615 g/mol. The van der Waals surface area contributed by atoms with Crippen LogP contribution in [-0.2, 0) is 0 Å². The van der Waals surface area contributed by atoms with Gasteiger partial charge in [-0.3, -0.25) is 9.13 Å². The van der Waals surface area contributed by atoms with Crippen molar-refractivity contribution in [1.29, 1.82) is 0 Å². The highest BCUT2D eigenvalue weighted by atomic mass is 15.3. The lowest BCUT2D eigenvalue weighted by molar-refractivity contribution is 0.919. The Balaban J connectivity index is 1.40. The van der Waals surface area contributed by atoms with E-state index in [2.05, 4.69) is 130 Å².